The van der Waals surface area contributed by atoms with Gasteiger partial charge in [0, 0.05) is 37.9 Å². The van der Waals surface area contributed by atoms with E-state index in [-0.39, 0.29) is 39.2 Å². The molecule has 52 heavy (non-hydrogen) atoms. The number of rotatable bonds is 14. The van der Waals surface area contributed by atoms with Crippen LogP contribution in [0.15, 0.2) is 107 Å². The van der Waals surface area contributed by atoms with E-state index in [0.717, 1.165) is 28.6 Å². The lowest BCUT2D eigenvalue weighted by molar-refractivity contribution is -0.245. The van der Waals surface area contributed by atoms with Crippen LogP contribution in [-0.4, -0.2) is 94.5 Å². The number of halogens is 4. The first-order chi connectivity index (χ1) is 24.6. The Morgan fingerprint density at radius 2 is 1.46 bits per heavy atom. The van der Waals surface area contributed by atoms with E-state index in [1.54, 1.807) is 6.92 Å². The Morgan fingerprint density at radius 3 is 1.96 bits per heavy atom. The van der Waals surface area contributed by atoms with Gasteiger partial charge in [0.1, 0.15) is 0 Å². The fourth-order valence-electron chi connectivity index (χ4n) is 6.54. The average molecular weight is 764 g/mol. The van der Waals surface area contributed by atoms with Crippen LogP contribution in [0.5, 0.6) is 0 Å². The highest BCUT2D eigenvalue weighted by Gasteiger charge is 2.47. The second-order valence-electron chi connectivity index (χ2n) is 12.8. The molecule has 0 amide bonds. The summed E-state index contributed by atoms with van der Waals surface area (Å²) in [7, 11) is 2.56. The zero-order valence-corrected chi connectivity index (χ0v) is 30.6. The molecule has 1 aliphatic heterocycles. The number of aliphatic hydroxyl groups excluding tert-OH is 1. The summed E-state index contributed by atoms with van der Waals surface area (Å²) in [6.07, 6.45) is -7.67. The SMILES string of the molecule is Cc1cn(C2CN(C(c3ccccc3)(c3ccccc3)c3ccccc3)CC(COP(=O)(Cl)N(C)CCCN(C)C(O)C(F)(F)F)O2)c(=O)[nH]c1=O. The van der Waals surface area contributed by atoms with Crippen LogP contribution in [0.3, 0.4) is 0 Å². The van der Waals surface area contributed by atoms with Crippen molar-refractivity contribution in [2.45, 2.75) is 43.6 Å². The van der Waals surface area contributed by atoms with Crippen molar-refractivity contribution >= 4 is 18.1 Å². The van der Waals surface area contributed by atoms with Gasteiger partial charge in [-0.25, -0.2) is 9.46 Å². The number of hydrogen-bond donors (Lipinski definition) is 2. The van der Waals surface area contributed by atoms with Crippen molar-refractivity contribution in [2.24, 2.45) is 0 Å². The molecule has 0 saturated carbocycles. The summed E-state index contributed by atoms with van der Waals surface area (Å²) < 4.78 is 67.2. The minimum Gasteiger partial charge on any atom is -0.370 e. The topological polar surface area (TPSA) is 120 Å². The first-order valence-electron chi connectivity index (χ1n) is 16.6. The lowest BCUT2D eigenvalue weighted by atomic mass is 9.75. The molecule has 280 valence electrons. The number of H-pyrrole nitrogens is 1. The fourth-order valence-corrected chi connectivity index (χ4v) is 7.86. The monoisotopic (exact) mass is 763 g/mol. The molecule has 1 aliphatic rings. The zero-order chi connectivity index (χ0) is 37.7. The maximum Gasteiger partial charge on any atom is 0.428 e. The standard InChI is InChI=1S/C36H42ClF3N5O6P/c1-26-22-45(34(48)41-32(26)46)31-24-44(23-30(51-31)25-50-52(37,49)43(3)21-13-20-42(2)33(47)36(38,39)40)35(27-14-7-4-8-15-27,28-16-9-5-10-17-28)29-18-11-6-12-19-29/h4-12,14-19,22,30-31,33,47H,13,20-21,23-25H2,1-3H3,(H,41,46,48). The average Bonchev–Trinajstić information content (AvgIpc) is 3.13. The molecule has 0 bridgehead atoms. The molecule has 1 saturated heterocycles. The summed E-state index contributed by atoms with van der Waals surface area (Å²) in [4.78, 5) is 30.8. The molecule has 5 rings (SSSR count). The van der Waals surface area contributed by atoms with Crippen molar-refractivity contribution in [1.29, 1.82) is 0 Å². The number of ether oxygens (including phenoxy) is 1. The number of alkyl halides is 3. The van der Waals surface area contributed by atoms with Crippen molar-refractivity contribution < 1.29 is 32.1 Å². The van der Waals surface area contributed by atoms with Gasteiger partial charge in [0.2, 0.25) is 6.23 Å². The van der Waals surface area contributed by atoms with Crippen LogP contribution in [0.4, 0.5) is 13.2 Å². The highest BCUT2D eigenvalue weighted by atomic mass is 35.7. The number of aromatic amines is 1. The number of aliphatic hydroxyl groups is 1. The van der Waals surface area contributed by atoms with Gasteiger partial charge in [-0.15, -0.1) is 0 Å². The zero-order valence-electron chi connectivity index (χ0n) is 28.9. The predicted molar refractivity (Wildman–Crippen MR) is 192 cm³/mol. The van der Waals surface area contributed by atoms with Gasteiger partial charge in [0.15, 0.2) is 6.23 Å². The quantitative estimate of drug-likeness (QED) is 0.0971. The molecule has 4 atom stereocenters. The normalized spacial score (nSPS) is 19.1. The molecule has 11 nitrogen and oxygen atoms in total. The maximum absolute atomic E-state index is 13.6. The molecule has 0 spiro atoms. The Bertz CT molecular complexity index is 1840. The Hall–Kier alpha value is -3.59. The summed E-state index contributed by atoms with van der Waals surface area (Å²) >= 11 is 6.44. The highest BCUT2D eigenvalue weighted by Crippen LogP contribution is 2.55. The highest BCUT2D eigenvalue weighted by molar-refractivity contribution is 7.83. The summed E-state index contributed by atoms with van der Waals surface area (Å²) in [6, 6.07) is 29.6. The van der Waals surface area contributed by atoms with Crippen LogP contribution in [0.2, 0.25) is 0 Å². The van der Waals surface area contributed by atoms with Crippen molar-refractivity contribution in [3.8, 4) is 0 Å². The van der Waals surface area contributed by atoms with E-state index in [0.29, 0.717) is 5.56 Å². The molecule has 0 aliphatic carbocycles. The van der Waals surface area contributed by atoms with Crippen LogP contribution >= 0.6 is 18.1 Å². The molecule has 16 heteroatoms. The van der Waals surface area contributed by atoms with Gasteiger partial charge < -0.3 is 14.4 Å². The van der Waals surface area contributed by atoms with Crippen molar-refractivity contribution in [3.05, 3.63) is 140 Å². The Kier molecular flexibility index (Phi) is 12.7. The molecule has 1 aromatic heterocycles. The van der Waals surface area contributed by atoms with Gasteiger partial charge in [-0.1, -0.05) is 91.0 Å². The third kappa shape index (κ3) is 8.78. The van der Waals surface area contributed by atoms with Crippen LogP contribution in [0.25, 0.3) is 0 Å². The molecular formula is C36H42ClF3N5O6P. The molecular weight excluding hydrogens is 722 g/mol. The summed E-state index contributed by atoms with van der Waals surface area (Å²) in [6.45, 7) is -2.49. The molecule has 2 heterocycles. The van der Waals surface area contributed by atoms with Gasteiger partial charge in [-0.05, 0) is 55.4 Å². The summed E-state index contributed by atoms with van der Waals surface area (Å²) in [5.41, 5.74) is 0.970. The number of nitrogens with one attached hydrogen (secondary N) is 1. The second-order valence-corrected chi connectivity index (χ2v) is 15.9. The Balaban J connectivity index is 1.49. The van der Waals surface area contributed by atoms with Crippen LogP contribution in [-0.2, 0) is 19.4 Å². The number of benzene rings is 3. The van der Waals surface area contributed by atoms with E-state index in [2.05, 4.69) is 9.88 Å². The number of aromatic nitrogens is 2. The molecule has 2 N–H and O–H groups in total. The third-order valence-corrected chi connectivity index (χ3v) is 11.7. The first-order valence-corrected chi connectivity index (χ1v) is 19.1. The largest absolute Gasteiger partial charge is 0.428 e. The minimum atomic E-state index is -4.81. The van der Waals surface area contributed by atoms with Gasteiger partial charge in [-0.2, -0.15) is 13.2 Å². The number of nitrogens with zero attached hydrogens (tertiary/aromatic N) is 4. The second kappa shape index (κ2) is 16.6. The van der Waals surface area contributed by atoms with E-state index in [4.69, 9.17) is 20.5 Å². The first kappa shape index (κ1) is 39.6. The van der Waals surface area contributed by atoms with E-state index < -0.39 is 48.4 Å². The smallest absolute Gasteiger partial charge is 0.370 e. The molecule has 4 unspecified atom stereocenters. The van der Waals surface area contributed by atoms with E-state index in [1.807, 2.05) is 91.0 Å². The van der Waals surface area contributed by atoms with Crippen LogP contribution in [0, 0.1) is 6.92 Å². The fraction of sp³-hybridized carbons (Fsp3) is 0.389. The van der Waals surface area contributed by atoms with Crippen molar-refractivity contribution in [1.82, 2.24) is 24.0 Å². The minimum absolute atomic E-state index is 0.00114. The van der Waals surface area contributed by atoms with Gasteiger partial charge in [0.05, 0.1) is 18.2 Å². The molecule has 3 aromatic carbocycles. The van der Waals surface area contributed by atoms with Crippen LogP contribution in [0.1, 0.15) is 34.9 Å². The predicted octanol–water partition coefficient (Wildman–Crippen LogP) is 5.53. The lowest BCUT2D eigenvalue weighted by Crippen LogP contribution is -2.58. The number of aryl methyl sites for hydroxylation is 1. The van der Waals surface area contributed by atoms with Crippen molar-refractivity contribution in [3.63, 3.8) is 0 Å². The van der Waals surface area contributed by atoms with E-state index in [9.17, 15) is 32.4 Å². The molecule has 1 fully saturated rings. The summed E-state index contributed by atoms with van der Waals surface area (Å²) in [5, 5.41) is 9.48. The van der Waals surface area contributed by atoms with E-state index >= 15 is 0 Å². The number of hydrogen-bond acceptors (Lipinski definition) is 8. The van der Waals surface area contributed by atoms with Crippen molar-refractivity contribution in [2.75, 3.05) is 46.9 Å². The molecule has 0 radical (unpaired) electrons. The Morgan fingerprint density at radius 1 is 0.942 bits per heavy atom. The van der Waals surface area contributed by atoms with Gasteiger partial charge in [0.25, 0.3) is 5.56 Å². The van der Waals surface area contributed by atoms with E-state index in [1.165, 1.54) is 22.5 Å². The summed E-state index contributed by atoms with van der Waals surface area (Å²) in [5.74, 6) is 0. The van der Waals surface area contributed by atoms with Crippen LogP contribution < -0.4 is 11.2 Å². The Labute approximate surface area is 304 Å². The maximum atomic E-state index is 13.6. The lowest BCUT2D eigenvalue weighted by Gasteiger charge is -2.50. The number of morpholine rings is 1. The molecule has 4 aromatic rings. The third-order valence-electron chi connectivity index (χ3n) is 9.19. The van der Waals surface area contributed by atoms with Gasteiger partial charge in [-0.3, -0.25) is 28.7 Å². The van der Waals surface area contributed by atoms with Gasteiger partial charge >= 0.3 is 18.7 Å².